The van der Waals surface area contributed by atoms with Crippen LogP contribution in [0.15, 0.2) is 61.2 Å². The van der Waals surface area contributed by atoms with Crippen molar-refractivity contribution in [2.45, 2.75) is 12.7 Å². The number of imidazole rings is 1. The van der Waals surface area contributed by atoms with E-state index in [1.807, 2.05) is 12.1 Å². The second kappa shape index (κ2) is 9.21. The Morgan fingerprint density at radius 2 is 1.94 bits per heavy atom. The van der Waals surface area contributed by atoms with Gasteiger partial charge in [0.2, 0.25) is 15.9 Å². The van der Waals surface area contributed by atoms with E-state index in [1.54, 1.807) is 35.4 Å². The van der Waals surface area contributed by atoms with Crippen LogP contribution in [0.4, 0.5) is 18.9 Å². The first-order valence-corrected chi connectivity index (χ1v) is 11.4. The van der Waals surface area contributed by atoms with Gasteiger partial charge in [-0.1, -0.05) is 29.8 Å². The van der Waals surface area contributed by atoms with Crippen molar-refractivity contribution in [3.05, 3.63) is 77.3 Å². The topological polar surface area (TPSA) is 84.3 Å². The minimum Gasteiger partial charge on any atom is -0.350 e. The number of para-hydroxylation sites is 1. The third-order valence-corrected chi connectivity index (χ3v) is 5.93. The number of alkyl halides is 3. The van der Waals surface area contributed by atoms with Gasteiger partial charge in [0.25, 0.3) is 0 Å². The molecule has 0 bridgehead atoms. The summed E-state index contributed by atoms with van der Waals surface area (Å²) >= 11 is 5.97. The predicted molar refractivity (Wildman–Crippen MR) is 114 cm³/mol. The lowest BCUT2D eigenvalue weighted by Crippen LogP contribution is -2.40. The Morgan fingerprint density at radius 3 is 2.56 bits per heavy atom. The number of benzene rings is 2. The molecule has 3 aromatic rings. The van der Waals surface area contributed by atoms with E-state index >= 15 is 0 Å². The van der Waals surface area contributed by atoms with E-state index in [2.05, 4.69) is 10.3 Å². The number of amides is 1. The van der Waals surface area contributed by atoms with Crippen LogP contribution >= 0.6 is 11.6 Å². The standard InChI is InChI=1S/C20H18ClF3N4O3S/c1-32(30,31)28(18-10-15(20(22,23)24)6-7-16(18)21)12-19(29)26-11-14-4-2-3-5-17(14)27-9-8-25-13-27/h2-10,13H,11-12H2,1H3,(H,26,29). The van der Waals surface area contributed by atoms with Gasteiger partial charge in [0.15, 0.2) is 0 Å². The first-order valence-electron chi connectivity index (χ1n) is 9.14. The van der Waals surface area contributed by atoms with Crippen LogP contribution in [-0.4, -0.2) is 36.7 Å². The molecule has 0 unspecified atom stereocenters. The van der Waals surface area contributed by atoms with Gasteiger partial charge in [-0.2, -0.15) is 13.2 Å². The van der Waals surface area contributed by atoms with Gasteiger partial charge in [-0.25, -0.2) is 13.4 Å². The number of anilines is 1. The molecule has 7 nitrogen and oxygen atoms in total. The molecule has 1 N–H and O–H groups in total. The molecule has 0 saturated carbocycles. The van der Waals surface area contributed by atoms with Crippen LogP contribution in [0.1, 0.15) is 11.1 Å². The Kier molecular flexibility index (Phi) is 6.79. The Bertz CT molecular complexity index is 1220. The fourth-order valence-electron chi connectivity index (χ4n) is 2.96. The Balaban J connectivity index is 1.81. The van der Waals surface area contributed by atoms with Crippen molar-refractivity contribution in [1.82, 2.24) is 14.9 Å². The number of nitrogens with one attached hydrogen (secondary N) is 1. The van der Waals surface area contributed by atoms with E-state index < -0.39 is 39.9 Å². The zero-order chi connectivity index (χ0) is 23.5. The maximum atomic E-state index is 13.1. The van der Waals surface area contributed by atoms with Crippen LogP contribution in [0.25, 0.3) is 5.69 Å². The maximum absolute atomic E-state index is 13.1. The normalized spacial score (nSPS) is 11.9. The first kappa shape index (κ1) is 23.6. The van der Waals surface area contributed by atoms with E-state index in [0.29, 0.717) is 10.4 Å². The van der Waals surface area contributed by atoms with Crippen LogP contribution in [-0.2, 0) is 27.5 Å². The van der Waals surface area contributed by atoms with Crippen LogP contribution in [0.2, 0.25) is 5.02 Å². The summed E-state index contributed by atoms with van der Waals surface area (Å²) in [5, 5.41) is 2.36. The number of halogens is 4. The number of hydrogen-bond acceptors (Lipinski definition) is 4. The average Bonchev–Trinajstić information content (AvgIpc) is 3.24. The van der Waals surface area contributed by atoms with Gasteiger partial charge in [-0.15, -0.1) is 0 Å². The summed E-state index contributed by atoms with van der Waals surface area (Å²) in [5.41, 5.74) is -0.0359. The summed E-state index contributed by atoms with van der Waals surface area (Å²) in [6.07, 6.45) is 0.981. The van der Waals surface area contributed by atoms with Gasteiger partial charge in [-0.3, -0.25) is 9.10 Å². The van der Waals surface area contributed by atoms with Gasteiger partial charge >= 0.3 is 6.18 Å². The second-order valence-corrected chi connectivity index (χ2v) is 9.12. The average molecular weight is 487 g/mol. The quantitative estimate of drug-likeness (QED) is 0.553. The van der Waals surface area contributed by atoms with Gasteiger partial charge < -0.3 is 9.88 Å². The van der Waals surface area contributed by atoms with Crippen molar-refractivity contribution in [3.63, 3.8) is 0 Å². The van der Waals surface area contributed by atoms with Crippen molar-refractivity contribution in [1.29, 1.82) is 0 Å². The number of rotatable bonds is 7. The Labute approximate surface area is 187 Å². The Morgan fingerprint density at radius 1 is 1.22 bits per heavy atom. The molecule has 0 aliphatic rings. The minimum atomic E-state index is -4.71. The predicted octanol–water partition coefficient (Wildman–Crippen LogP) is 3.63. The van der Waals surface area contributed by atoms with Crippen molar-refractivity contribution in [2.24, 2.45) is 0 Å². The van der Waals surface area contributed by atoms with Crippen molar-refractivity contribution in [2.75, 3.05) is 17.1 Å². The first-order chi connectivity index (χ1) is 15.0. The highest BCUT2D eigenvalue weighted by molar-refractivity contribution is 7.92. The lowest BCUT2D eigenvalue weighted by molar-refractivity contribution is -0.137. The molecule has 0 spiro atoms. The zero-order valence-electron chi connectivity index (χ0n) is 16.7. The number of carbonyl (C=O) groups excluding carboxylic acids is 1. The molecule has 0 fully saturated rings. The molecular weight excluding hydrogens is 469 g/mol. The highest BCUT2D eigenvalue weighted by Gasteiger charge is 2.33. The summed E-state index contributed by atoms with van der Waals surface area (Å²) in [6, 6.07) is 9.44. The number of carbonyl (C=O) groups is 1. The minimum absolute atomic E-state index is 0.0567. The van der Waals surface area contributed by atoms with Crippen LogP contribution < -0.4 is 9.62 Å². The van der Waals surface area contributed by atoms with Gasteiger partial charge in [0.1, 0.15) is 6.54 Å². The molecule has 1 aromatic heterocycles. The lowest BCUT2D eigenvalue weighted by atomic mass is 10.1. The molecule has 170 valence electrons. The van der Waals surface area contributed by atoms with E-state index in [0.717, 1.165) is 29.6 Å². The molecule has 0 atom stereocenters. The third-order valence-electron chi connectivity index (χ3n) is 4.48. The molecule has 0 aliphatic heterocycles. The molecular formula is C20H18ClF3N4O3S. The molecule has 0 radical (unpaired) electrons. The fourth-order valence-corrected chi connectivity index (χ4v) is 4.08. The van der Waals surface area contributed by atoms with Crippen LogP contribution in [0.5, 0.6) is 0 Å². The summed E-state index contributed by atoms with van der Waals surface area (Å²) in [5.74, 6) is -0.718. The second-order valence-electron chi connectivity index (χ2n) is 6.81. The van der Waals surface area contributed by atoms with Gasteiger partial charge in [0, 0.05) is 18.9 Å². The molecule has 0 saturated heterocycles. The lowest BCUT2D eigenvalue weighted by Gasteiger charge is -2.24. The molecule has 3 rings (SSSR count). The highest BCUT2D eigenvalue weighted by atomic mass is 35.5. The van der Waals surface area contributed by atoms with Crippen LogP contribution in [0.3, 0.4) is 0 Å². The summed E-state index contributed by atoms with van der Waals surface area (Å²) in [6.45, 7) is -0.686. The summed E-state index contributed by atoms with van der Waals surface area (Å²) < 4.78 is 66.1. The van der Waals surface area contributed by atoms with Gasteiger partial charge in [-0.05, 0) is 29.8 Å². The summed E-state index contributed by atoms with van der Waals surface area (Å²) in [7, 11) is -4.12. The molecule has 2 aromatic carbocycles. The fraction of sp³-hybridized carbons (Fsp3) is 0.200. The van der Waals surface area contributed by atoms with E-state index in [-0.39, 0.29) is 11.6 Å². The third kappa shape index (κ3) is 5.60. The molecule has 32 heavy (non-hydrogen) atoms. The molecule has 1 heterocycles. The monoisotopic (exact) mass is 486 g/mol. The van der Waals surface area contributed by atoms with E-state index in [4.69, 9.17) is 11.6 Å². The van der Waals surface area contributed by atoms with E-state index in [9.17, 15) is 26.4 Å². The number of sulfonamides is 1. The highest BCUT2D eigenvalue weighted by Crippen LogP contribution is 2.36. The molecule has 0 aliphatic carbocycles. The smallest absolute Gasteiger partial charge is 0.350 e. The maximum Gasteiger partial charge on any atom is 0.416 e. The largest absolute Gasteiger partial charge is 0.416 e. The van der Waals surface area contributed by atoms with Crippen molar-refractivity contribution in [3.8, 4) is 5.69 Å². The van der Waals surface area contributed by atoms with Crippen molar-refractivity contribution >= 4 is 33.2 Å². The zero-order valence-corrected chi connectivity index (χ0v) is 18.2. The number of nitrogens with zero attached hydrogens (tertiary/aromatic N) is 3. The SMILES string of the molecule is CS(=O)(=O)N(CC(=O)NCc1ccccc1-n1ccnc1)c1cc(C(F)(F)F)ccc1Cl. The number of aromatic nitrogens is 2. The Hall–Kier alpha value is -3.05. The van der Waals surface area contributed by atoms with Gasteiger partial charge in [0.05, 0.1) is 34.5 Å². The van der Waals surface area contributed by atoms with Crippen molar-refractivity contribution < 1.29 is 26.4 Å². The molecule has 1 amide bonds. The summed E-state index contributed by atoms with van der Waals surface area (Å²) in [4.78, 5) is 16.5. The van der Waals surface area contributed by atoms with E-state index in [1.165, 1.54) is 0 Å². The number of hydrogen-bond donors (Lipinski definition) is 1. The molecule has 12 heteroatoms. The van der Waals surface area contributed by atoms with Crippen LogP contribution in [0, 0.1) is 0 Å².